The maximum atomic E-state index is 2.38. The van der Waals surface area contributed by atoms with E-state index in [1.165, 1.54) is 98.0 Å². The van der Waals surface area contributed by atoms with Gasteiger partial charge in [-0.15, -0.1) is 0 Å². The van der Waals surface area contributed by atoms with E-state index < -0.39 is 0 Å². The van der Waals surface area contributed by atoms with Crippen LogP contribution in [-0.2, 0) is 0 Å². The molecule has 0 bridgehead atoms. The number of fused-ring (bicyclic) bond motifs is 9. The minimum absolute atomic E-state index is 1.23. The molecule has 0 N–H and O–H groups in total. The van der Waals surface area contributed by atoms with Crippen LogP contribution in [-0.4, -0.2) is 0 Å². The zero-order valence-electron chi connectivity index (χ0n) is 26.3. The highest BCUT2D eigenvalue weighted by Gasteiger charge is 2.13. The highest BCUT2D eigenvalue weighted by Crippen LogP contribution is 2.40. The van der Waals surface area contributed by atoms with Gasteiger partial charge in [0.1, 0.15) is 0 Å². The molecule has 0 amide bonds. The molecule has 0 spiro atoms. The van der Waals surface area contributed by atoms with Gasteiger partial charge >= 0.3 is 0 Å². The lowest BCUT2D eigenvalue weighted by Gasteiger charge is -2.14. The van der Waals surface area contributed by atoms with Crippen LogP contribution in [0.3, 0.4) is 0 Å². The molecule has 0 saturated carbocycles. The molecule has 0 aliphatic heterocycles. The molecule has 48 heavy (non-hydrogen) atoms. The van der Waals surface area contributed by atoms with E-state index >= 15 is 0 Å². The van der Waals surface area contributed by atoms with E-state index in [0.717, 1.165) is 0 Å². The Morgan fingerprint density at radius 2 is 0.708 bits per heavy atom. The van der Waals surface area contributed by atoms with E-state index in [-0.39, 0.29) is 0 Å². The van der Waals surface area contributed by atoms with E-state index in [0.29, 0.717) is 0 Å². The first-order valence-electron chi connectivity index (χ1n) is 16.7. The van der Waals surface area contributed by atoms with Gasteiger partial charge < -0.3 is 0 Å². The van der Waals surface area contributed by atoms with Gasteiger partial charge in [0, 0.05) is 0 Å². The van der Waals surface area contributed by atoms with Crippen molar-refractivity contribution in [3.05, 3.63) is 182 Å². The molecule has 0 aromatic heterocycles. The number of benzene rings is 10. The van der Waals surface area contributed by atoms with Crippen LogP contribution in [0.5, 0.6) is 0 Å². The first-order valence-corrected chi connectivity index (χ1v) is 16.7. The predicted molar refractivity (Wildman–Crippen MR) is 208 cm³/mol. The summed E-state index contributed by atoms with van der Waals surface area (Å²) in [7, 11) is 0. The van der Waals surface area contributed by atoms with Crippen molar-refractivity contribution in [2.45, 2.75) is 0 Å². The molecular weight excluding hydrogens is 577 g/mol. The Kier molecular flexibility index (Phi) is 5.98. The Morgan fingerprint density at radius 1 is 0.208 bits per heavy atom. The lowest BCUT2D eigenvalue weighted by atomic mass is 9.89. The third kappa shape index (κ3) is 4.31. The van der Waals surface area contributed by atoms with Crippen molar-refractivity contribution in [1.82, 2.24) is 0 Å². The molecule has 0 saturated heterocycles. The van der Waals surface area contributed by atoms with Crippen LogP contribution < -0.4 is 0 Å². The van der Waals surface area contributed by atoms with E-state index in [1.54, 1.807) is 0 Å². The Labute approximate surface area is 279 Å². The summed E-state index contributed by atoms with van der Waals surface area (Å²) in [6, 6.07) is 67.1. The number of hydrogen-bond acceptors (Lipinski definition) is 0. The largest absolute Gasteiger partial charge is 0.0616 e. The molecule has 0 atom stereocenters. The fraction of sp³-hybridized carbons (Fsp3) is 0. The van der Waals surface area contributed by atoms with Crippen molar-refractivity contribution in [3.8, 4) is 33.4 Å². The fourth-order valence-corrected chi connectivity index (χ4v) is 7.78. The first-order chi connectivity index (χ1) is 23.8. The lowest BCUT2D eigenvalue weighted by molar-refractivity contribution is 1.61. The number of rotatable bonds is 3. The maximum absolute atomic E-state index is 2.38. The van der Waals surface area contributed by atoms with Crippen LogP contribution in [0, 0.1) is 0 Å². The second kappa shape index (κ2) is 10.7. The van der Waals surface area contributed by atoms with Gasteiger partial charge in [-0.3, -0.25) is 0 Å². The average molecular weight is 607 g/mol. The molecule has 0 aliphatic carbocycles. The maximum Gasteiger partial charge on any atom is -0.00264 e. The zero-order chi connectivity index (χ0) is 31.6. The summed E-state index contributed by atoms with van der Waals surface area (Å²) in [6.45, 7) is 0. The van der Waals surface area contributed by atoms with Gasteiger partial charge in [-0.2, -0.15) is 0 Å². The molecule has 0 heteroatoms. The Balaban J connectivity index is 1.06. The van der Waals surface area contributed by atoms with Gasteiger partial charge in [0.2, 0.25) is 0 Å². The van der Waals surface area contributed by atoms with Gasteiger partial charge in [0.15, 0.2) is 0 Å². The van der Waals surface area contributed by atoms with Gasteiger partial charge in [0.05, 0.1) is 0 Å². The summed E-state index contributed by atoms with van der Waals surface area (Å²) < 4.78 is 0. The van der Waals surface area contributed by atoms with E-state index in [9.17, 15) is 0 Å². The minimum atomic E-state index is 1.23. The molecule has 0 radical (unpaired) electrons. The molecule has 10 aromatic carbocycles. The third-order valence-corrected chi connectivity index (χ3v) is 10.2. The quantitative estimate of drug-likeness (QED) is 0.176. The molecule has 222 valence electrons. The summed E-state index contributed by atoms with van der Waals surface area (Å²) >= 11 is 0. The molecule has 10 rings (SSSR count). The Hall–Kier alpha value is -6.24. The normalized spacial score (nSPS) is 11.8. The minimum Gasteiger partial charge on any atom is -0.0616 e. The summed E-state index contributed by atoms with van der Waals surface area (Å²) in [4.78, 5) is 0. The van der Waals surface area contributed by atoms with Crippen LogP contribution in [0.1, 0.15) is 0 Å². The molecule has 0 fully saturated rings. The fourth-order valence-electron chi connectivity index (χ4n) is 7.78. The van der Waals surface area contributed by atoms with Crippen LogP contribution in [0.2, 0.25) is 0 Å². The smallest absolute Gasteiger partial charge is 0.00264 e. The summed E-state index contributed by atoms with van der Waals surface area (Å²) in [5.74, 6) is 0. The van der Waals surface area contributed by atoms with Gasteiger partial charge in [-0.05, 0) is 128 Å². The third-order valence-electron chi connectivity index (χ3n) is 10.2. The van der Waals surface area contributed by atoms with Crippen molar-refractivity contribution in [2.24, 2.45) is 0 Å². The topological polar surface area (TPSA) is 0 Å². The van der Waals surface area contributed by atoms with E-state index in [2.05, 4.69) is 182 Å². The van der Waals surface area contributed by atoms with Crippen LogP contribution in [0.15, 0.2) is 182 Å². The summed E-state index contributed by atoms with van der Waals surface area (Å²) in [5.41, 5.74) is 7.46. The highest BCUT2D eigenvalue weighted by atomic mass is 14.2. The van der Waals surface area contributed by atoms with Gasteiger partial charge in [0.25, 0.3) is 0 Å². The van der Waals surface area contributed by atoms with Crippen LogP contribution >= 0.6 is 0 Å². The second-order valence-corrected chi connectivity index (χ2v) is 12.9. The molecule has 0 unspecified atom stereocenters. The van der Waals surface area contributed by atoms with Crippen LogP contribution in [0.4, 0.5) is 0 Å². The van der Waals surface area contributed by atoms with E-state index in [1.807, 2.05) is 0 Å². The summed E-state index contributed by atoms with van der Waals surface area (Å²) in [5, 5.41) is 15.4. The predicted octanol–water partition coefficient (Wildman–Crippen LogP) is 13.6. The zero-order valence-corrected chi connectivity index (χ0v) is 26.3. The van der Waals surface area contributed by atoms with Crippen LogP contribution in [0.25, 0.3) is 98.0 Å². The monoisotopic (exact) mass is 606 g/mol. The SMILES string of the molecule is c1cc(-c2ccc3ccccc3c2)cc(-c2ccc3c(ccc4cc(-c5cc6ccc7ccccc7c6c6ccccc56)ccc43)c2)c1. The van der Waals surface area contributed by atoms with Gasteiger partial charge in [-0.25, -0.2) is 0 Å². The molecule has 0 nitrogen and oxygen atoms in total. The standard InChI is InChI=1S/C48H30/c1-2-10-33-26-36(18-16-31(33)8-1)34-11-7-12-35(27-34)37-22-24-42-38(28-37)19-20-39-29-40(23-25-43(39)42)47-30-41-21-17-32-9-3-4-13-44(32)48(41)46-15-6-5-14-45(46)47/h1-30H. The van der Waals surface area contributed by atoms with Crippen molar-refractivity contribution < 1.29 is 0 Å². The summed E-state index contributed by atoms with van der Waals surface area (Å²) in [6.07, 6.45) is 0. The van der Waals surface area contributed by atoms with Crippen molar-refractivity contribution in [3.63, 3.8) is 0 Å². The highest BCUT2D eigenvalue weighted by molar-refractivity contribution is 6.23. The van der Waals surface area contributed by atoms with Crippen molar-refractivity contribution in [1.29, 1.82) is 0 Å². The van der Waals surface area contributed by atoms with Crippen molar-refractivity contribution >= 4 is 64.6 Å². The molecule has 0 aliphatic rings. The first kappa shape index (κ1) is 26.9. The molecule has 0 heterocycles. The average Bonchev–Trinajstić information content (AvgIpc) is 3.16. The molecular formula is C48H30. The number of hydrogen-bond donors (Lipinski definition) is 0. The van der Waals surface area contributed by atoms with E-state index in [4.69, 9.17) is 0 Å². The van der Waals surface area contributed by atoms with Gasteiger partial charge in [-0.1, -0.05) is 152 Å². The van der Waals surface area contributed by atoms with Crippen molar-refractivity contribution in [2.75, 3.05) is 0 Å². The Bertz CT molecular complexity index is 2890. The Morgan fingerprint density at radius 3 is 1.48 bits per heavy atom. The molecule has 10 aromatic rings. The lowest BCUT2D eigenvalue weighted by Crippen LogP contribution is -1.87. The second-order valence-electron chi connectivity index (χ2n) is 12.9.